The van der Waals surface area contributed by atoms with Gasteiger partial charge in [-0.1, -0.05) is 91.0 Å². The lowest BCUT2D eigenvalue weighted by atomic mass is 9.77. The zero-order valence-electron chi connectivity index (χ0n) is 29.5. The molecule has 0 saturated heterocycles. The van der Waals surface area contributed by atoms with Crippen molar-refractivity contribution in [2.45, 2.75) is 75.7 Å². The van der Waals surface area contributed by atoms with E-state index in [2.05, 4.69) is 26.6 Å². The van der Waals surface area contributed by atoms with Crippen molar-refractivity contribution in [3.05, 3.63) is 108 Å². The van der Waals surface area contributed by atoms with Crippen LogP contribution in [0.4, 0.5) is 0 Å². The lowest BCUT2D eigenvalue weighted by Crippen LogP contribution is -2.56. The van der Waals surface area contributed by atoms with Gasteiger partial charge in [-0.3, -0.25) is 24.0 Å². The van der Waals surface area contributed by atoms with Crippen molar-refractivity contribution in [1.29, 1.82) is 0 Å². The fraction of sp³-hybridized carbons (Fsp3) is 0.368. The van der Waals surface area contributed by atoms with Crippen molar-refractivity contribution in [3.63, 3.8) is 0 Å². The van der Waals surface area contributed by atoms with E-state index in [1.54, 1.807) is 0 Å². The summed E-state index contributed by atoms with van der Waals surface area (Å²) in [5, 5.41) is 22.6. The minimum atomic E-state index is -1.23. The topological polar surface area (TPSA) is 235 Å². The van der Waals surface area contributed by atoms with Gasteiger partial charge in [0.2, 0.25) is 29.5 Å². The molecule has 0 aliphatic rings. The van der Waals surface area contributed by atoms with Crippen LogP contribution < -0.4 is 38.1 Å². The Labute approximate surface area is 303 Å². The van der Waals surface area contributed by atoms with E-state index < -0.39 is 71.8 Å². The summed E-state index contributed by atoms with van der Waals surface area (Å²) in [6.07, 6.45) is 0.938. The van der Waals surface area contributed by atoms with Crippen LogP contribution in [0, 0.1) is 0 Å². The highest BCUT2D eigenvalue weighted by molar-refractivity contribution is 5.95. The van der Waals surface area contributed by atoms with Crippen molar-refractivity contribution in [3.8, 4) is 0 Å². The standard InChI is InChI=1S/C38H49N7O7/c1-25(34(48)41-26(2)35(49)44-31(37(51)52)20-12-13-23-39)42-36(50)30(43-33(47)24-40)21-22-32(46)45-38(27-14-6-3-7-15-27,28-16-8-4-9-17-28)29-18-10-5-11-19-29/h3-11,14-19,25-26,30-31H,12-13,20-24,39-40H2,1-2H3,(H,41,48)(H,42,50)(H,43,47)(H,44,49)(H,45,46)(H,51,52)/t25-,26-,30-,31-/m0/s1. The van der Waals surface area contributed by atoms with Crippen LogP contribution in [0.3, 0.4) is 0 Å². The van der Waals surface area contributed by atoms with Crippen LogP contribution in [0.2, 0.25) is 0 Å². The maximum Gasteiger partial charge on any atom is 0.326 e. The van der Waals surface area contributed by atoms with Crippen LogP contribution in [0.15, 0.2) is 91.0 Å². The molecular formula is C38H49N7O7. The maximum absolute atomic E-state index is 13.8. The van der Waals surface area contributed by atoms with Gasteiger partial charge < -0.3 is 43.2 Å². The molecule has 5 amide bonds. The van der Waals surface area contributed by atoms with Gasteiger partial charge in [0.25, 0.3) is 0 Å². The first-order chi connectivity index (χ1) is 24.9. The monoisotopic (exact) mass is 715 g/mol. The second kappa shape index (κ2) is 20.3. The Morgan fingerprint density at radius 1 is 0.596 bits per heavy atom. The van der Waals surface area contributed by atoms with E-state index in [9.17, 15) is 33.9 Å². The summed E-state index contributed by atoms with van der Waals surface area (Å²) in [5.41, 5.74) is 12.3. The molecule has 4 atom stereocenters. The zero-order chi connectivity index (χ0) is 38.1. The number of aliphatic carboxylic acids is 1. The normalized spacial score (nSPS) is 13.4. The molecule has 0 spiro atoms. The van der Waals surface area contributed by atoms with Gasteiger partial charge in [0.05, 0.1) is 6.54 Å². The number of hydrogen-bond acceptors (Lipinski definition) is 8. The number of benzene rings is 3. The molecule has 0 aromatic heterocycles. The van der Waals surface area contributed by atoms with Gasteiger partial charge in [0, 0.05) is 6.42 Å². The molecule has 10 N–H and O–H groups in total. The minimum absolute atomic E-state index is 0.133. The van der Waals surface area contributed by atoms with Crippen LogP contribution >= 0.6 is 0 Å². The number of nitrogens with two attached hydrogens (primary N) is 2. The third kappa shape index (κ3) is 11.5. The summed E-state index contributed by atoms with van der Waals surface area (Å²) in [5.74, 6) is -4.47. The third-order valence-electron chi connectivity index (χ3n) is 8.51. The molecule has 0 saturated carbocycles. The van der Waals surface area contributed by atoms with E-state index in [1.807, 2.05) is 91.0 Å². The van der Waals surface area contributed by atoms with Gasteiger partial charge in [-0.15, -0.1) is 0 Å². The predicted octanol–water partition coefficient (Wildman–Crippen LogP) is 1.03. The van der Waals surface area contributed by atoms with E-state index in [-0.39, 0.29) is 19.3 Å². The van der Waals surface area contributed by atoms with E-state index in [0.29, 0.717) is 19.4 Å². The average molecular weight is 716 g/mol. The molecule has 0 unspecified atom stereocenters. The van der Waals surface area contributed by atoms with Gasteiger partial charge >= 0.3 is 5.97 Å². The first-order valence-electron chi connectivity index (χ1n) is 17.2. The molecular weight excluding hydrogens is 666 g/mol. The second-order valence-corrected chi connectivity index (χ2v) is 12.4. The van der Waals surface area contributed by atoms with Crippen molar-refractivity contribution in [2.75, 3.05) is 13.1 Å². The lowest BCUT2D eigenvalue weighted by molar-refractivity contribution is -0.142. The highest BCUT2D eigenvalue weighted by Gasteiger charge is 2.38. The Kier molecular flexibility index (Phi) is 15.9. The number of carboxylic acids is 1. The molecule has 3 aromatic carbocycles. The van der Waals surface area contributed by atoms with Crippen LogP contribution in [0.25, 0.3) is 0 Å². The van der Waals surface area contributed by atoms with Gasteiger partial charge in [-0.25, -0.2) is 4.79 Å². The Balaban J connectivity index is 1.73. The quantitative estimate of drug-likeness (QED) is 0.0615. The Hall–Kier alpha value is -5.60. The van der Waals surface area contributed by atoms with Crippen molar-refractivity contribution in [2.24, 2.45) is 11.5 Å². The molecule has 14 heteroatoms. The molecule has 0 radical (unpaired) electrons. The van der Waals surface area contributed by atoms with Gasteiger partial charge in [-0.2, -0.15) is 0 Å². The first-order valence-corrected chi connectivity index (χ1v) is 17.2. The Morgan fingerprint density at radius 2 is 1.06 bits per heavy atom. The molecule has 0 fully saturated rings. The number of nitrogens with one attached hydrogen (secondary N) is 5. The number of carbonyl (C=O) groups excluding carboxylic acids is 5. The first kappa shape index (κ1) is 40.8. The molecule has 0 aliphatic carbocycles. The molecule has 0 aliphatic heterocycles. The largest absolute Gasteiger partial charge is 0.480 e. The van der Waals surface area contributed by atoms with Gasteiger partial charge in [0.15, 0.2) is 0 Å². The molecule has 14 nitrogen and oxygen atoms in total. The predicted molar refractivity (Wildman–Crippen MR) is 195 cm³/mol. The molecule has 278 valence electrons. The Bertz CT molecular complexity index is 1540. The number of unbranched alkanes of at least 4 members (excludes halogenated alkanes) is 1. The van der Waals surface area contributed by atoms with Crippen molar-refractivity contribution < 1.29 is 33.9 Å². The van der Waals surface area contributed by atoms with E-state index in [0.717, 1.165) is 16.7 Å². The molecule has 0 heterocycles. The summed E-state index contributed by atoms with van der Waals surface area (Å²) >= 11 is 0. The SMILES string of the molecule is C[C@H](NC(=O)[C@H](C)NC(=O)[C@H](CCC(=O)NC(c1ccccc1)(c1ccccc1)c1ccccc1)NC(=O)CN)C(=O)N[C@@H](CCCCN)C(=O)O. The zero-order valence-corrected chi connectivity index (χ0v) is 29.5. The smallest absolute Gasteiger partial charge is 0.326 e. The van der Waals surface area contributed by atoms with Crippen molar-refractivity contribution in [1.82, 2.24) is 26.6 Å². The summed E-state index contributed by atoms with van der Waals surface area (Å²) in [4.78, 5) is 76.8. The van der Waals surface area contributed by atoms with Crippen LogP contribution in [0.5, 0.6) is 0 Å². The van der Waals surface area contributed by atoms with Gasteiger partial charge in [-0.05, 0) is 62.8 Å². The lowest BCUT2D eigenvalue weighted by Gasteiger charge is -2.37. The fourth-order valence-corrected chi connectivity index (χ4v) is 5.68. The highest BCUT2D eigenvalue weighted by Crippen LogP contribution is 2.37. The number of carboxylic acid groups (broad SMARTS) is 1. The van der Waals surface area contributed by atoms with Crippen LogP contribution in [0.1, 0.15) is 62.6 Å². The van der Waals surface area contributed by atoms with E-state index >= 15 is 0 Å². The summed E-state index contributed by atoms with van der Waals surface area (Å²) < 4.78 is 0. The average Bonchev–Trinajstić information content (AvgIpc) is 3.15. The van der Waals surface area contributed by atoms with E-state index in [1.165, 1.54) is 13.8 Å². The summed E-state index contributed by atoms with van der Waals surface area (Å²) in [6.45, 7) is 2.73. The number of rotatable bonds is 20. The van der Waals surface area contributed by atoms with Crippen LogP contribution in [-0.4, -0.2) is 77.9 Å². The summed E-state index contributed by atoms with van der Waals surface area (Å²) in [6, 6.07) is 23.8. The molecule has 3 rings (SSSR count). The summed E-state index contributed by atoms with van der Waals surface area (Å²) in [7, 11) is 0. The second-order valence-electron chi connectivity index (χ2n) is 12.4. The third-order valence-corrected chi connectivity index (χ3v) is 8.51. The Morgan fingerprint density at radius 3 is 1.50 bits per heavy atom. The number of hydrogen-bond donors (Lipinski definition) is 8. The van der Waals surface area contributed by atoms with Crippen LogP contribution in [-0.2, 0) is 34.3 Å². The number of amides is 5. The minimum Gasteiger partial charge on any atom is -0.480 e. The highest BCUT2D eigenvalue weighted by atomic mass is 16.4. The molecule has 52 heavy (non-hydrogen) atoms. The van der Waals surface area contributed by atoms with Crippen molar-refractivity contribution >= 4 is 35.5 Å². The van der Waals surface area contributed by atoms with Gasteiger partial charge in [0.1, 0.15) is 29.7 Å². The number of carbonyl (C=O) groups is 6. The van der Waals surface area contributed by atoms with E-state index in [4.69, 9.17) is 11.5 Å². The molecule has 0 bridgehead atoms. The maximum atomic E-state index is 13.8. The molecule has 3 aromatic rings. The fourth-order valence-electron chi connectivity index (χ4n) is 5.68.